The number of nitrogens with zero attached hydrogens (tertiary/aromatic N) is 4. The molecular weight excluding hydrogens is 345 g/mol. The third-order valence-corrected chi connectivity index (χ3v) is 4.84. The van der Waals surface area contributed by atoms with Crippen molar-refractivity contribution < 1.29 is 22.7 Å². The Morgan fingerprint density at radius 1 is 1.42 bits per heavy atom. The van der Waals surface area contributed by atoms with Gasteiger partial charge >= 0.3 is 6.18 Å². The maximum absolute atomic E-state index is 12.5. The largest absolute Gasteiger partial charge is 0.389 e. The summed E-state index contributed by atoms with van der Waals surface area (Å²) in [6.45, 7) is 2.50. The van der Waals surface area contributed by atoms with Crippen LogP contribution in [0.15, 0.2) is 0 Å². The van der Waals surface area contributed by atoms with Gasteiger partial charge in [-0.05, 0) is 12.8 Å². The van der Waals surface area contributed by atoms with Crippen LogP contribution >= 0.6 is 11.3 Å². The van der Waals surface area contributed by atoms with Crippen molar-refractivity contribution in [3.05, 3.63) is 16.4 Å². The van der Waals surface area contributed by atoms with Gasteiger partial charge in [-0.2, -0.15) is 18.3 Å². The third kappa shape index (κ3) is 3.54. The standard InChI is InChI=1S/C14H17F3N4O2S/c1-8-10(21-13(18-8)24-11(19-21)7-23-2)6-20-5-9(3-12(20)22)4-14(15,16)17/h9H,3-7H2,1-2H3/t9-/m0/s1. The second kappa shape index (κ2) is 6.32. The van der Waals surface area contributed by atoms with E-state index in [1.165, 1.54) is 16.2 Å². The van der Waals surface area contributed by atoms with Crippen LogP contribution in [0.2, 0.25) is 0 Å². The number of carbonyl (C=O) groups excluding carboxylic acids is 1. The summed E-state index contributed by atoms with van der Waals surface area (Å²) in [5.74, 6) is -0.938. The highest BCUT2D eigenvalue weighted by molar-refractivity contribution is 7.16. The average molecular weight is 362 g/mol. The number of amides is 1. The highest BCUT2D eigenvalue weighted by Crippen LogP contribution is 2.32. The van der Waals surface area contributed by atoms with Crippen molar-refractivity contribution >= 4 is 22.2 Å². The minimum absolute atomic E-state index is 0.0630. The molecule has 2 aromatic heterocycles. The Kier molecular flexibility index (Phi) is 4.52. The molecule has 0 aromatic carbocycles. The third-order valence-electron chi connectivity index (χ3n) is 3.96. The number of hydrogen-bond donors (Lipinski definition) is 0. The van der Waals surface area contributed by atoms with Crippen LogP contribution in [0.3, 0.4) is 0 Å². The lowest BCUT2D eigenvalue weighted by Crippen LogP contribution is -2.26. The van der Waals surface area contributed by atoms with Gasteiger partial charge in [-0.3, -0.25) is 4.79 Å². The maximum atomic E-state index is 12.5. The van der Waals surface area contributed by atoms with Gasteiger partial charge in [0.05, 0.1) is 24.5 Å². The first-order valence-electron chi connectivity index (χ1n) is 7.44. The maximum Gasteiger partial charge on any atom is 0.389 e. The monoisotopic (exact) mass is 362 g/mol. The minimum Gasteiger partial charge on any atom is -0.377 e. The van der Waals surface area contributed by atoms with Gasteiger partial charge in [-0.15, -0.1) is 0 Å². The van der Waals surface area contributed by atoms with Crippen molar-refractivity contribution in [3.63, 3.8) is 0 Å². The van der Waals surface area contributed by atoms with E-state index in [9.17, 15) is 18.0 Å². The normalized spacial score (nSPS) is 19.0. The van der Waals surface area contributed by atoms with E-state index in [-0.39, 0.29) is 25.4 Å². The SMILES string of the molecule is COCc1nn2c(CN3C[C@H](CC(F)(F)F)CC3=O)c(C)nc2s1. The summed E-state index contributed by atoms with van der Waals surface area (Å²) in [5.41, 5.74) is 1.45. The van der Waals surface area contributed by atoms with E-state index in [4.69, 9.17) is 4.74 Å². The van der Waals surface area contributed by atoms with Gasteiger partial charge in [0.1, 0.15) is 5.01 Å². The number of fused-ring (bicyclic) bond motifs is 1. The summed E-state index contributed by atoms with van der Waals surface area (Å²) in [6.07, 6.45) is -5.23. The molecule has 132 valence electrons. The van der Waals surface area contributed by atoms with Crippen molar-refractivity contribution in [2.24, 2.45) is 5.92 Å². The summed E-state index contributed by atoms with van der Waals surface area (Å²) in [7, 11) is 1.57. The molecule has 2 aromatic rings. The fourth-order valence-corrected chi connectivity index (χ4v) is 3.88. The van der Waals surface area contributed by atoms with Gasteiger partial charge in [0.2, 0.25) is 10.9 Å². The zero-order chi connectivity index (χ0) is 17.5. The number of aryl methyl sites for hydroxylation is 1. The smallest absolute Gasteiger partial charge is 0.377 e. The molecule has 1 saturated heterocycles. The number of halogens is 3. The van der Waals surface area contributed by atoms with Crippen LogP contribution < -0.4 is 0 Å². The minimum atomic E-state index is -4.25. The Morgan fingerprint density at radius 3 is 2.83 bits per heavy atom. The van der Waals surface area contributed by atoms with Crippen LogP contribution in [0.4, 0.5) is 13.2 Å². The zero-order valence-corrected chi connectivity index (χ0v) is 14.1. The number of hydrogen-bond acceptors (Lipinski definition) is 5. The molecule has 1 amide bonds. The van der Waals surface area contributed by atoms with Crippen LogP contribution in [-0.2, 0) is 22.7 Å². The molecule has 6 nitrogen and oxygen atoms in total. The summed E-state index contributed by atoms with van der Waals surface area (Å²) < 4.78 is 44.3. The van der Waals surface area contributed by atoms with Crippen molar-refractivity contribution in [2.75, 3.05) is 13.7 Å². The molecule has 0 aliphatic carbocycles. The van der Waals surface area contributed by atoms with Gasteiger partial charge in [0.15, 0.2) is 0 Å². The van der Waals surface area contributed by atoms with Crippen LogP contribution in [0.5, 0.6) is 0 Å². The molecule has 0 radical (unpaired) electrons. The van der Waals surface area contributed by atoms with Gasteiger partial charge in [-0.25, -0.2) is 9.50 Å². The summed E-state index contributed by atoms with van der Waals surface area (Å²) in [5, 5.41) is 5.15. The van der Waals surface area contributed by atoms with Crippen LogP contribution in [0.25, 0.3) is 4.96 Å². The second-order valence-electron chi connectivity index (χ2n) is 5.93. The Balaban J connectivity index is 1.77. The van der Waals surface area contributed by atoms with Crippen molar-refractivity contribution in [1.29, 1.82) is 0 Å². The number of likely N-dealkylation sites (tertiary alicyclic amines) is 1. The van der Waals surface area contributed by atoms with E-state index in [0.29, 0.717) is 11.6 Å². The number of aromatic nitrogens is 3. The van der Waals surface area contributed by atoms with Crippen molar-refractivity contribution in [1.82, 2.24) is 19.5 Å². The molecule has 10 heteroatoms. The fraction of sp³-hybridized carbons (Fsp3) is 0.643. The Hall–Kier alpha value is -1.68. The highest BCUT2D eigenvalue weighted by Gasteiger charge is 2.38. The number of ether oxygens (including phenoxy) is 1. The molecule has 3 heterocycles. The van der Waals surface area contributed by atoms with E-state index in [1.54, 1.807) is 18.5 Å². The molecule has 3 rings (SSSR count). The zero-order valence-electron chi connectivity index (χ0n) is 13.3. The number of imidazole rings is 1. The first kappa shape index (κ1) is 17.2. The molecular formula is C14H17F3N4O2S. The van der Waals surface area contributed by atoms with Crippen molar-refractivity contribution in [3.8, 4) is 0 Å². The lowest BCUT2D eigenvalue weighted by Gasteiger charge is -2.17. The molecule has 1 aliphatic heterocycles. The predicted octanol–water partition coefficient (Wildman–Crippen LogP) is 2.55. The Morgan fingerprint density at radius 2 is 2.17 bits per heavy atom. The average Bonchev–Trinajstić information content (AvgIpc) is 3.05. The topological polar surface area (TPSA) is 59.7 Å². The molecule has 1 atom stereocenters. The van der Waals surface area contributed by atoms with E-state index >= 15 is 0 Å². The molecule has 0 bridgehead atoms. The number of rotatable bonds is 5. The number of alkyl halides is 3. The van der Waals surface area contributed by atoms with E-state index < -0.39 is 18.5 Å². The Labute approximate surface area is 140 Å². The molecule has 1 fully saturated rings. The molecule has 0 spiro atoms. The van der Waals surface area contributed by atoms with Gasteiger partial charge in [0.25, 0.3) is 0 Å². The van der Waals surface area contributed by atoms with Crippen LogP contribution in [0, 0.1) is 12.8 Å². The summed E-state index contributed by atoms with van der Waals surface area (Å²) in [6, 6.07) is 0. The number of carbonyl (C=O) groups is 1. The first-order chi connectivity index (χ1) is 11.3. The van der Waals surface area contributed by atoms with Crippen LogP contribution in [-0.4, -0.2) is 45.2 Å². The van der Waals surface area contributed by atoms with E-state index in [2.05, 4.69) is 10.1 Å². The van der Waals surface area contributed by atoms with Gasteiger partial charge in [0, 0.05) is 26.5 Å². The molecule has 0 N–H and O–H groups in total. The van der Waals surface area contributed by atoms with E-state index in [1.807, 2.05) is 0 Å². The lowest BCUT2D eigenvalue weighted by molar-refractivity contribution is -0.143. The quantitative estimate of drug-likeness (QED) is 0.820. The van der Waals surface area contributed by atoms with Crippen LogP contribution in [0.1, 0.15) is 29.2 Å². The fourth-order valence-electron chi connectivity index (χ4n) is 2.95. The van der Waals surface area contributed by atoms with Gasteiger partial charge < -0.3 is 9.64 Å². The number of methoxy groups -OCH3 is 1. The lowest BCUT2D eigenvalue weighted by atomic mass is 10.1. The Bertz CT molecular complexity index is 755. The second-order valence-corrected chi connectivity index (χ2v) is 6.97. The van der Waals surface area contributed by atoms with Gasteiger partial charge in [-0.1, -0.05) is 11.3 Å². The molecule has 24 heavy (non-hydrogen) atoms. The first-order valence-corrected chi connectivity index (χ1v) is 8.26. The molecule has 1 aliphatic rings. The highest BCUT2D eigenvalue weighted by atomic mass is 32.1. The molecule has 0 unspecified atom stereocenters. The van der Waals surface area contributed by atoms with Crippen molar-refractivity contribution in [2.45, 2.75) is 39.1 Å². The van der Waals surface area contributed by atoms with E-state index in [0.717, 1.165) is 16.4 Å². The summed E-state index contributed by atoms with van der Waals surface area (Å²) >= 11 is 1.39. The summed E-state index contributed by atoms with van der Waals surface area (Å²) in [4.78, 5) is 18.6. The predicted molar refractivity (Wildman–Crippen MR) is 80.5 cm³/mol. The molecule has 0 saturated carbocycles.